The van der Waals surface area contributed by atoms with Crippen molar-refractivity contribution in [1.29, 1.82) is 0 Å². The lowest BCUT2D eigenvalue weighted by Crippen LogP contribution is -2.31. The number of hydrogen-bond acceptors (Lipinski definition) is 4. The number of benzene rings is 3. The maximum Gasteiger partial charge on any atom is 0.265 e. The highest BCUT2D eigenvalue weighted by Crippen LogP contribution is 2.29. The Morgan fingerprint density at radius 1 is 1.00 bits per heavy atom. The molecule has 0 radical (unpaired) electrons. The van der Waals surface area contributed by atoms with Crippen LogP contribution in [0, 0.1) is 0 Å². The molecule has 0 saturated carbocycles. The molecule has 7 heteroatoms. The Balaban J connectivity index is 1.40. The van der Waals surface area contributed by atoms with Gasteiger partial charge >= 0.3 is 0 Å². The number of sulfonamides is 1. The molecule has 30 heavy (non-hydrogen) atoms. The number of para-hydroxylation sites is 1. The van der Waals surface area contributed by atoms with Crippen molar-refractivity contribution in [2.45, 2.75) is 24.0 Å². The Labute approximate surface area is 176 Å². The second-order valence-corrected chi connectivity index (χ2v) is 9.22. The predicted molar refractivity (Wildman–Crippen MR) is 115 cm³/mol. The number of rotatable bonds is 6. The number of nitrogens with one attached hydrogen (secondary N) is 1. The highest BCUT2D eigenvalue weighted by atomic mass is 32.2. The second kappa shape index (κ2) is 8.30. The van der Waals surface area contributed by atoms with E-state index in [9.17, 15) is 13.2 Å². The van der Waals surface area contributed by atoms with Crippen LogP contribution in [0.1, 0.15) is 11.1 Å². The summed E-state index contributed by atoms with van der Waals surface area (Å²) < 4.78 is 32.6. The fourth-order valence-corrected chi connectivity index (χ4v) is 4.53. The zero-order chi connectivity index (χ0) is 21.1. The first-order valence-electron chi connectivity index (χ1n) is 9.59. The van der Waals surface area contributed by atoms with E-state index < -0.39 is 16.1 Å². The summed E-state index contributed by atoms with van der Waals surface area (Å²) in [5.41, 5.74) is 2.43. The molecule has 0 spiro atoms. The van der Waals surface area contributed by atoms with Gasteiger partial charge in [0.25, 0.3) is 5.91 Å². The first kappa shape index (κ1) is 20.1. The standard InChI is InChI=1S/C23H22N2O4S/c1-25(16-17-7-3-2-4-8-17)30(27,28)20-13-11-19(12-14-20)24-23(26)22-15-18-9-5-6-10-21(18)29-22/h2-14,22H,15-16H2,1H3,(H,24,26). The van der Waals surface area contributed by atoms with E-state index in [1.807, 2.05) is 54.6 Å². The number of nitrogens with zero attached hydrogens (tertiary/aromatic N) is 1. The van der Waals surface area contributed by atoms with Gasteiger partial charge in [-0.05, 0) is 41.5 Å². The lowest BCUT2D eigenvalue weighted by atomic mass is 10.1. The third-order valence-corrected chi connectivity index (χ3v) is 6.84. The number of amides is 1. The summed E-state index contributed by atoms with van der Waals surface area (Å²) in [6.45, 7) is 0.279. The zero-order valence-corrected chi connectivity index (χ0v) is 17.3. The number of hydrogen-bond donors (Lipinski definition) is 1. The van der Waals surface area contributed by atoms with Crippen LogP contribution in [0.15, 0.2) is 83.8 Å². The molecule has 0 aromatic heterocycles. The van der Waals surface area contributed by atoms with Gasteiger partial charge in [0.05, 0.1) is 4.90 Å². The van der Waals surface area contributed by atoms with Crippen molar-refractivity contribution in [1.82, 2.24) is 4.31 Å². The monoisotopic (exact) mass is 422 g/mol. The number of anilines is 1. The first-order valence-corrected chi connectivity index (χ1v) is 11.0. The molecule has 1 N–H and O–H groups in total. The van der Waals surface area contributed by atoms with Crippen LogP contribution in [0.2, 0.25) is 0 Å². The Morgan fingerprint density at radius 2 is 1.67 bits per heavy atom. The molecule has 3 aromatic carbocycles. The van der Waals surface area contributed by atoms with Gasteiger partial charge in [-0.1, -0.05) is 48.5 Å². The fourth-order valence-electron chi connectivity index (χ4n) is 3.37. The van der Waals surface area contributed by atoms with E-state index in [0.29, 0.717) is 12.1 Å². The van der Waals surface area contributed by atoms with Gasteiger partial charge in [0, 0.05) is 25.7 Å². The number of carbonyl (C=O) groups is 1. The summed E-state index contributed by atoms with van der Waals surface area (Å²) >= 11 is 0. The third kappa shape index (κ3) is 4.22. The van der Waals surface area contributed by atoms with Crippen LogP contribution < -0.4 is 10.1 Å². The topological polar surface area (TPSA) is 75.7 Å². The summed E-state index contributed by atoms with van der Waals surface area (Å²) in [4.78, 5) is 12.7. The van der Waals surface area contributed by atoms with Crippen LogP contribution in [0.25, 0.3) is 0 Å². The number of carbonyl (C=O) groups excluding carboxylic acids is 1. The second-order valence-electron chi connectivity index (χ2n) is 7.18. The van der Waals surface area contributed by atoms with Crippen LogP contribution in [-0.4, -0.2) is 31.8 Å². The predicted octanol–water partition coefficient (Wildman–Crippen LogP) is 3.45. The molecule has 0 aliphatic carbocycles. The summed E-state index contributed by atoms with van der Waals surface area (Å²) in [7, 11) is -2.09. The lowest BCUT2D eigenvalue weighted by Gasteiger charge is -2.18. The van der Waals surface area contributed by atoms with E-state index in [1.54, 1.807) is 19.2 Å². The Morgan fingerprint density at radius 3 is 2.37 bits per heavy atom. The SMILES string of the molecule is CN(Cc1ccccc1)S(=O)(=O)c1ccc(NC(=O)C2Cc3ccccc3O2)cc1. The van der Waals surface area contributed by atoms with E-state index >= 15 is 0 Å². The van der Waals surface area contributed by atoms with Crippen molar-refractivity contribution in [2.75, 3.05) is 12.4 Å². The Bertz CT molecular complexity index is 1120. The van der Waals surface area contributed by atoms with Crippen molar-refractivity contribution >= 4 is 21.6 Å². The van der Waals surface area contributed by atoms with Gasteiger partial charge in [0.2, 0.25) is 10.0 Å². The molecule has 1 aliphatic heterocycles. The molecule has 0 saturated heterocycles. The smallest absolute Gasteiger partial charge is 0.265 e. The van der Waals surface area contributed by atoms with Gasteiger partial charge in [0.15, 0.2) is 6.10 Å². The van der Waals surface area contributed by atoms with Crippen molar-refractivity contribution < 1.29 is 17.9 Å². The maximum atomic E-state index is 12.8. The Hall–Kier alpha value is -3.16. The van der Waals surface area contributed by atoms with Crippen LogP contribution >= 0.6 is 0 Å². The first-order chi connectivity index (χ1) is 14.4. The van der Waals surface area contributed by atoms with Gasteiger partial charge in [-0.2, -0.15) is 4.31 Å². The molecule has 3 aromatic rings. The van der Waals surface area contributed by atoms with E-state index in [0.717, 1.165) is 16.9 Å². The third-order valence-electron chi connectivity index (χ3n) is 5.02. The molecule has 1 unspecified atom stereocenters. The zero-order valence-electron chi connectivity index (χ0n) is 16.5. The summed E-state index contributed by atoms with van der Waals surface area (Å²) in [5.74, 6) is 0.462. The van der Waals surface area contributed by atoms with E-state index in [1.165, 1.54) is 16.4 Å². The summed E-state index contributed by atoms with van der Waals surface area (Å²) in [5, 5.41) is 2.79. The normalized spacial score (nSPS) is 15.5. The van der Waals surface area contributed by atoms with Gasteiger partial charge in [-0.15, -0.1) is 0 Å². The molecule has 1 aliphatic rings. The van der Waals surface area contributed by atoms with Crippen LogP contribution in [0.5, 0.6) is 5.75 Å². The number of ether oxygens (including phenoxy) is 1. The lowest BCUT2D eigenvalue weighted by molar-refractivity contribution is -0.122. The largest absolute Gasteiger partial charge is 0.480 e. The van der Waals surface area contributed by atoms with Crippen LogP contribution in [-0.2, 0) is 27.8 Å². The van der Waals surface area contributed by atoms with Crippen LogP contribution in [0.3, 0.4) is 0 Å². The molecule has 1 atom stereocenters. The minimum Gasteiger partial charge on any atom is -0.480 e. The maximum absolute atomic E-state index is 12.8. The minimum atomic E-state index is -3.64. The fraction of sp³-hybridized carbons (Fsp3) is 0.174. The quantitative estimate of drug-likeness (QED) is 0.660. The highest BCUT2D eigenvalue weighted by Gasteiger charge is 2.29. The average Bonchev–Trinajstić information content (AvgIpc) is 3.19. The molecule has 1 amide bonds. The molecule has 0 bridgehead atoms. The molecule has 4 rings (SSSR count). The highest BCUT2D eigenvalue weighted by molar-refractivity contribution is 7.89. The van der Waals surface area contributed by atoms with E-state index in [2.05, 4.69) is 5.32 Å². The van der Waals surface area contributed by atoms with E-state index in [-0.39, 0.29) is 17.3 Å². The molecular weight excluding hydrogens is 400 g/mol. The van der Waals surface area contributed by atoms with Gasteiger partial charge in [-0.3, -0.25) is 4.79 Å². The minimum absolute atomic E-state index is 0.170. The van der Waals surface area contributed by atoms with Crippen molar-refractivity contribution in [2.24, 2.45) is 0 Å². The van der Waals surface area contributed by atoms with Gasteiger partial charge < -0.3 is 10.1 Å². The van der Waals surface area contributed by atoms with Crippen molar-refractivity contribution in [3.8, 4) is 5.75 Å². The van der Waals surface area contributed by atoms with Crippen molar-refractivity contribution in [3.63, 3.8) is 0 Å². The molecule has 0 fully saturated rings. The average molecular weight is 423 g/mol. The van der Waals surface area contributed by atoms with Crippen LogP contribution in [0.4, 0.5) is 5.69 Å². The Kier molecular flexibility index (Phi) is 5.57. The molecular formula is C23H22N2O4S. The molecule has 6 nitrogen and oxygen atoms in total. The van der Waals surface area contributed by atoms with Gasteiger partial charge in [-0.25, -0.2) is 8.42 Å². The number of fused-ring (bicyclic) bond motifs is 1. The van der Waals surface area contributed by atoms with E-state index in [4.69, 9.17) is 4.74 Å². The summed E-state index contributed by atoms with van der Waals surface area (Å²) in [6.07, 6.45) is -0.0820. The summed E-state index contributed by atoms with van der Waals surface area (Å²) in [6, 6.07) is 23.1. The van der Waals surface area contributed by atoms with Crippen molar-refractivity contribution in [3.05, 3.63) is 90.0 Å². The van der Waals surface area contributed by atoms with Gasteiger partial charge in [0.1, 0.15) is 5.75 Å². The molecule has 1 heterocycles. The molecule has 154 valence electrons.